The summed E-state index contributed by atoms with van der Waals surface area (Å²) in [5.74, 6) is 6.67. The second kappa shape index (κ2) is 9.73. The molecule has 10 atom stereocenters. The minimum absolute atomic E-state index is 0.162. The van der Waals surface area contributed by atoms with Gasteiger partial charge in [-0.25, -0.2) is 8.37 Å². The highest BCUT2D eigenvalue weighted by Crippen LogP contribution is 2.53. The van der Waals surface area contributed by atoms with Crippen LogP contribution in [0.2, 0.25) is 0 Å². The Hall–Kier alpha value is -0.130. The van der Waals surface area contributed by atoms with Crippen LogP contribution in [0.15, 0.2) is 0 Å². The first kappa shape index (κ1) is 23.3. The molecule has 188 valence electrons. The van der Waals surface area contributed by atoms with E-state index in [4.69, 9.17) is 8.37 Å². The maximum atomic E-state index is 12.9. The minimum atomic E-state index is -3.90. The van der Waals surface area contributed by atoms with Gasteiger partial charge in [0, 0.05) is 0 Å². The van der Waals surface area contributed by atoms with Crippen molar-refractivity contribution in [2.45, 2.75) is 128 Å². The van der Waals surface area contributed by atoms with Crippen LogP contribution < -0.4 is 0 Å². The molecule has 6 aliphatic carbocycles. The summed E-state index contributed by atoms with van der Waals surface area (Å²) in [5, 5.41) is 0. The number of rotatable bonds is 4. The molecule has 0 heterocycles. The summed E-state index contributed by atoms with van der Waals surface area (Å²) in [5.41, 5.74) is 0. The Balaban J connectivity index is 1.01. The third kappa shape index (κ3) is 4.94. The van der Waals surface area contributed by atoms with Crippen LogP contribution in [0.5, 0.6) is 0 Å². The molecule has 33 heavy (non-hydrogen) atoms. The van der Waals surface area contributed by atoms with Crippen molar-refractivity contribution in [2.75, 3.05) is 0 Å². The quantitative estimate of drug-likeness (QED) is 0.435. The molecule has 0 saturated heterocycles. The van der Waals surface area contributed by atoms with E-state index < -0.39 is 10.4 Å². The van der Waals surface area contributed by atoms with Crippen molar-refractivity contribution in [3.63, 3.8) is 0 Å². The van der Waals surface area contributed by atoms with E-state index in [0.29, 0.717) is 11.8 Å². The molecule has 0 aromatic rings. The second-order valence-corrected chi connectivity index (χ2v) is 14.1. The molecule has 5 heteroatoms. The fraction of sp³-hybridized carbons (Fsp3) is 1.00. The highest BCUT2D eigenvalue weighted by atomic mass is 32.3. The Kier molecular flexibility index (Phi) is 6.86. The first-order valence-electron chi connectivity index (χ1n) is 14.7. The molecule has 6 aliphatic rings. The van der Waals surface area contributed by atoms with Crippen molar-refractivity contribution in [3.8, 4) is 0 Å². The topological polar surface area (TPSA) is 52.6 Å². The van der Waals surface area contributed by atoms with Gasteiger partial charge in [0.1, 0.15) is 0 Å². The zero-order valence-corrected chi connectivity index (χ0v) is 21.4. The zero-order valence-electron chi connectivity index (χ0n) is 20.5. The lowest BCUT2D eigenvalue weighted by Gasteiger charge is -2.49. The van der Waals surface area contributed by atoms with Crippen LogP contribution in [0.25, 0.3) is 0 Å². The highest BCUT2D eigenvalue weighted by Gasteiger charge is 2.46. The van der Waals surface area contributed by atoms with Crippen LogP contribution in [0.3, 0.4) is 0 Å². The van der Waals surface area contributed by atoms with Crippen molar-refractivity contribution in [2.24, 2.45) is 47.3 Å². The Bertz CT molecular complexity index is 723. The SMILES string of the molecule is O=S(=O)(OC1CCC2C(CCC3CCCCC32)C1)OC1CCC2C(CCC3CCCCC32)C1. The monoisotopic (exact) mass is 478 g/mol. The summed E-state index contributed by atoms with van der Waals surface area (Å²) in [6.07, 6.45) is 22.2. The third-order valence-corrected chi connectivity index (χ3v) is 12.4. The van der Waals surface area contributed by atoms with E-state index in [1.807, 2.05) is 0 Å². The fourth-order valence-corrected chi connectivity index (χ4v) is 11.0. The van der Waals surface area contributed by atoms with Gasteiger partial charge in [0.15, 0.2) is 0 Å². The van der Waals surface area contributed by atoms with E-state index in [0.717, 1.165) is 74.0 Å². The number of hydrogen-bond acceptors (Lipinski definition) is 4. The molecular weight excluding hydrogens is 432 g/mol. The lowest BCUT2D eigenvalue weighted by Crippen LogP contribution is -2.43. The van der Waals surface area contributed by atoms with Gasteiger partial charge in [0.05, 0.1) is 12.2 Å². The van der Waals surface area contributed by atoms with Crippen LogP contribution in [0, 0.1) is 47.3 Å². The lowest BCUT2D eigenvalue weighted by atomic mass is 9.57. The van der Waals surface area contributed by atoms with Crippen LogP contribution in [0.4, 0.5) is 0 Å². The molecule has 0 bridgehead atoms. The number of fused-ring (bicyclic) bond motifs is 6. The van der Waals surface area contributed by atoms with E-state index in [2.05, 4.69) is 0 Å². The fourth-order valence-electron chi connectivity index (χ4n) is 9.98. The molecule has 0 radical (unpaired) electrons. The summed E-state index contributed by atoms with van der Waals surface area (Å²) in [6.45, 7) is 0. The normalized spacial score (nSPS) is 48.1. The van der Waals surface area contributed by atoms with Crippen molar-refractivity contribution in [3.05, 3.63) is 0 Å². The van der Waals surface area contributed by atoms with Crippen LogP contribution >= 0.6 is 0 Å². The standard InChI is InChI=1S/C28H46O4S/c29-33(30,31-23-13-15-27-21(17-23)11-9-19-5-1-3-7-25(19)27)32-24-14-16-28-22(18-24)12-10-20-6-2-4-8-26(20)28/h19-28H,1-18H2. The van der Waals surface area contributed by atoms with Crippen LogP contribution in [-0.2, 0) is 18.8 Å². The third-order valence-electron chi connectivity index (χ3n) is 11.3. The average Bonchev–Trinajstić information content (AvgIpc) is 2.83. The van der Waals surface area contributed by atoms with Gasteiger partial charge in [0.25, 0.3) is 0 Å². The molecule has 6 rings (SSSR count). The summed E-state index contributed by atoms with van der Waals surface area (Å²) in [6, 6.07) is 0. The lowest BCUT2D eigenvalue weighted by molar-refractivity contribution is -0.0259. The largest absolute Gasteiger partial charge is 0.400 e. The average molecular weight is 479 g/mol. The van der Waals surface area contributed by atoms with Gasteiger partial charge >= 0.3 is 10.4 Å². The summed E-state index contributed by atoms with van der Waals surface area (Å²) in [4.78, 5) is 0. The predicted octanol–water partition coefficient (Wildman–Crippen LogP) is 7.03. The van der Waals surface area contributed by atoms with Crippen LogP contribution in [-0.4, -0.2) is 20.6 Å². The van der Waals surface area contributed by atoms with Crippen molar-refractivity contribution >= 4 is 10.4 Å². The summed E-state index contributed by atoms with van der Waals surface area (Å²) in [7, 11) is -3.90. The number of hydrogen-bond donors (Lipinski definition) is 0. The maximum absolute atomic E-state index is 12.9. The molecule has 10 unspecified atom stereocenters. The van der Waals surface area contributed by atoms with Gasteiger partial charge < -0.3 is 0 Å². The summed E-state index contributed by atoms with van der Waals surface area (Å²) >= 11 is 0. The first-order chi connectivity index (χ1) is 16.1. The van der Waals surface area contributed by atoms with Gasteiger partial charge in [-0.15, -0.1) is 0 Å². The molecule has 0 aromatic heterocycles. The van der Waals surface area contributed by atoms with Crippen molar-refractivity contribution < 1.29 is 16.8 Å². The Morgan fingerprint density at radius 3 is 1.30 bits per heavy atom. The molecule has 0 N–H and O–H groups in total. The highest BCUT2D eigenvalue weighted by molar-refractivity contribution is 7.81. The van der Waals surface area contributed by atoms with E-state index >= 15 is 0 Å². The van der Waals surface area contributed by atoms with Gasteiger partial charge in [-0.1, -0.05) is 38.5 Å². The second-order valence-electron chi connectivity index (χ2n) is 12.9. The Morgan fingerprint density at radius 2 is 0.818 bits per heavy atom. The summed E-state index contributed by atoms with van der Waals surface area (Å²) < 4.78 is 37.3. The molecule has 0 aromatic carbocycles. The van der Waals surface area contributed by atoms with Crippen molar-refractivity contribution in [1.82, 2.24) is 0 Å². The molecular formula is C28H46O4S. The maximum Gasteiger partial charge on any atom is 0.400 e. The predicted molar refractivity (Wildman–Crippen MR) is 130 cm³/mol. The molecule has 0 spiro atoms. The Labute approximate surface area is 202 Å². The van der Waals surface area contributed by atoms with Crippen LogP contribution in [0.1, 0.15) is 116 Å². The first-order valence-corrected chi connectivity index (χ1v) is 16.0. The smallest absolute Gasteiger partial charge is 0.245 e. The van der Waals surface area contributed by atoms with E-state index in [1.165, 1.54) is 77.0 Å². The van der Waals surface area contributed by atoms with Gasteiger partial charge in [-0.3, -0.25) is 0 Å². The van der Waals surface area contributed by atoms with E-state index in [9.17, 15) is 8.42 Å². The molecule has 0 aliphatic heterocycles. The molecule has 6 fully saturated rings. The van der Waals surface area contributed by atoms with E-state index in [-0.39, 0.29) is 12.2 Å². The van der Waals surface area contributed by atoms with E-state index in [1.54, 1.807) is 0 Å². The zero-order chi connectivity index (χ0) is 22.4. The van der Waals surface area contributed by atoms with Gasteiger partial charge in [-0.05, 0) is 124 Å². The minimum Gasteiger partial charge on any atom is -0.245 e. The molecule has 6 saturated carbocycles. The van der Waals surface area contributed by atoms with Gasteiger partial charge in [-0.2, -0.15) is 8.42 Å². The van der Waals surface area contributed by atoms with Crippen molar-refractivity contribution in [1.29, 1.82) is 0 Å². The Morgan fingerprint density at radius 1 is 0.424 bits per heavy atom. The molecule has 0 amide bonds. The molecule has 4 nitrogen and oxygen atoms in total. The van der Waals surface area contributed by atoms with Gasteiger partial charge in [0.2, 0.25) is 0 Å².